The summed E-state index contributed by atoms with van der Waals surface area (Å²) in [5.41, 5.74) is 0. The first-order chi connectivity index (χ1) is 26.8. The van der Waals surface area contributed by atoms with Crippen molar-refractivity contribution in [3.63, 3.8) is 0 Å². The number of aromatic nitrogens is 4. The van der Waals surface area contributed by atoms with E-state index < -0.39 is 34.2 Å². The van der Waals surface area contributed by atoms with Crippen molar-refractivity contribution in [2.45, 2.75) is 144 Å². The Morgan fingerprint density at radius 3 is 0.714 bits per heavy atom. The van der Waals surface area contributed by atoms with Gasteiger partial charge in [0, 0.05) is 78.8 Å². The molecule has 1 heterocycles. The van der Waals surface area contributed by atoms with Crippen LogP contribution in [-0.4, -0.2) is 157 Å². The molecule has 0 amide bonds. The van der Waals surface area contributed by atoms with E-state index in [0.717, 1.165) is 89.1 Å². The molecule has 0 saturated carbocycles. The molecule has 0 aliphatic carbocycles. The first kappa shape index (κ1) is 53.4. The van der Waals surface area contributed by atoms with Gasteiger partial charge in [-0.25, -0.2) is 0 Å². The predicted molar refractivity (Wildman–Crippen MR) is 235 cm³/mol. The maximum Gasteiger partial charge on any atom is 0.334 e. The molecule has 0 fully saturated rings. The Bertz CT molecular complexity index is 944. The molecule has 0 atom stereocenters. The van der Waals surface area contributed by atoms with Gasteiger partial charge in [0.05, 0.1) is 0 Å². The number of hydrogen-bond acceptors (Lipinski definition) is 14. The summed E-state index contributed by atoms with van der Waals surface area (Å²) in [5, 5.41) is 18.2. The molecule has 0 spiro atoms. The fourth-order valence-corrected chi connectivity index (χ4v) is 16.9. The van der Waals surface area contributed by atoms with Gasteiger partial charge in [-0.1, -0.05) is 0 Å². The Hall–Kier alpha value is -0.592. The standard InChI is InChI=1S/C38H84N6O8Si4/c1-13-45-53(9,46-14-2)33-21-27-43(28-22-34-54(10,47-15-3)48-16-4)31-25-37-39-41-38(42-40-37)26-32-44(29-23-35-55(11,49-17-5)50-18-6)30-24-36-56(12,51-19-7)52-20-8/h13-36H2,1-12H3. The normalized spacial score (nSPS) is 13.1. The summed E-state index contributed by atoms with van der Waals surface area (Å²) in [5.74, 6) is 1.35. The molecule has 1 aromatic rings. The van der Waals surface area contributed by atoms with E-state index in [-0.39, 0.29) is 0 Å². The molecule has 14 nitrogen and oxygen atoms in total. The molecule has 0 aromatic carbocycles. The van der Waals surface area contributed by atoms with Gasteiger partial charge in [-0.05, 0) is 158 Å². The van der Waals surface area contributed by atoms with Crippen LogP contribution in [0.15, 0.2) is 0 Å². The summed E-state index contributed by atoms with van der Waals surface area (Å²) in [4.78, 5) is 5.01. The minimum atomic E-state index is -2.18. The molecular weight excluding hydrogens is 781 g/mol. The lowest BCUT2D eigenvalue weighted by Crippen LogP contribution is -2.41. The SMILES string of the molecule is CCO[Si](C)(CCCN(CCC[Si](C)(OCC)OCC)CCc1nnc(CCN(CCC[Si](C)(OCC)OCC)CCC[Si](C)(OCC)OCC)nn1)OCC. The van der Waals surface area contributed by atoms with Crippen molar-refractivity contribution in [2.75, 3.05) is 92.1 Å². The second-order valence-corrected chi connectivity index (χ2v) is 28.2. The molecule has 0 bridgehead atoms. The highest BCUT2D eigenvalue weighted by atomic mass is 28.4. The van der Waals surface area contributed by atoms with E-state index in [1.165, 1.54) is 0 Å². The fraction of sp³-hybridized carbons (Fsp3) is 0.947. The highest BCUT2D eigenvalue weighted by Gasteiger charge is 2.33. The number of nitrogens with zero attached hydrogens (tertiary/aromatic N) is 6. The average Bonchev–Trinajstić information content (AvgIpc) is 3.13. The Labute approximate surface area is 346 Å². The van der Waals surface area contributed by atoms with Gasteiger partial charge in [0.1, 0.15) is 0 Å². The molecule has 0 unspecified atom stereocenters. The highest BCUT2D eigenvalue weighted by Crippen LogP contribution is 2.21. The summed E-state index contributed by atoms with van der Waals surface area (Å²) in [6, 6.07) is 3.84. The van der Waals surface area contributed by atoms with E-state index in [4.69, 9.17) is 35.4 Å². The van der Waals surface area contributed by atoms with Gasteiger partial charge in [-0.3, -0.25) is 0 Å². The predicted octanol–water partition coefficient (Wildman–Crippen LogP) is 7.10. The number of rotatable bonds is 38. The third-order valence-electron chi connectivity index (χ3n) is 9.88. The molecule has 0 saturated heterocycles. The minimum absolute atomic E-state index is 0.675. The lowest BCUT2D eigenvalue weighted by atomic mass is 10.3. The maximum atomic E-state index is 6.12. The Morgan fingerprint density at radius 2 is 0.536 bits per heavy atom. The average molecular weight is 865 g/mol. The van der Waals surface area contributed by atoms with Crippen molar-refractivity contribution in [1.29, 1.82) is 0 Å². The third-order valence-corrected chi connectivity index (χ3v) is 22.1. The Morgan fingerprint density at radius 1 is 0.339 bits per heavy atom. The molecule has 0 aliphatic heterocycles. The van der Waals surface area contributed by atoms with E-state index in [1.54, 1.807) is 0 Å². The van der Waals surface area contributed by atoms with Crippen LogP contribution in [0.1, 0.15) is 92.7 Å². The largest absolute Gasteiger partial charge is 0.395 e. The van der Waals surface area contributed by atoms with E-state index in [1.807, 2.05) is 55.4 Å². The van der Waals surface area contributed by atoms with Crippen LogP contribution in [0.4, 0.5) is 0 Å². The lowest BCUT2D eigenvalue weighted by Gasteiger charge is -2.29. The number of hydrogen-bond donors (Lipinski definition) is 0. The van der Waals surface area contributed by atoms with E-state index in [0.29, 0.717) is 77.3 Å². The first-order valence-electron chi connectivity index (χ1n) is 21.9. The summed E-state index contributed by atoms with van der Waals surface area (Å²) >= 11 is 0. The van der Waals surface area contributed by atoms with Crippen molar-refractivity contribution in [3.8, 4) is 0 Å². The molecule has 0 aliphatic rings. The second kappa shape index (κ2) is 30.4. The summed E-state index contributed by atoms with van der Waals surface area (Å²) in [7, 11) is -8.73. The van der Waals surface area contributed by atoms with Crippen molar-refractivity contribution in [2.24, 2.45) is 0 Å². The Kier molecular flexibility index (Phi) is 29.0. The van der Waals surface area contributed by atoms with Crippen LogP contribution in [0.2, 0.25) is 50.4 Å². The molecular formula is C38H84N6O8Si4. The molecule has 18 heteroatoms. The van der Waals surface area contributed by atoms with Crippen LogP contribution < -0.4 is 0 Å². The fourth-order valence-electron chi connectivity index (χ4n) is 7.34. The van der Waals surface area contributed by atoms with Gasteiger partial charge in [0.15, 0.2) is 11.6 Å². The van der Waals surface area contributed by atoms with Gasteiger partial charge < -0.3 is 45.2 Å². The monoisotopic (exact) mass is 865 g/mol. The summed E-state index contributed by atoms with van der Waals surface area (Å²) < 4.78 is 49.0. The molecule has 56 heavy (non-hydrogen) atoms. The Balaban J connectivity index is 2.95. The van der Waals surface area contributed by atoms with Crippen LogP contribution >= 0.6 is 0 Å². The zero-order valence-corrected chi connectivity index (χ0v) is 41.9. The van der Waals surface area contributed by atoms with Crippen molar-refractivity contribution in [3.05, 3.63) is 11.6 Å². The van der Waals surface area contributed by atoms with Crippen molar-refractivity contribution in [1.82, 2.24) is 30.2 Å². The topological polar surface area (TPSA) is 132 Å². The molecule has 0 N–H and O–H groups in total. The smallest absolute Gasteiger partial charge is 0.334 e. The quantitative estimate of drug-likeness (QED) is 0.0627. The van der Waals surface area contributed by atoms with Crippen LogP contribution in [0.5, 0.6) is 0 Å². The van der Waals surface area contributed by atoms with Gasteiger partial charge >= 0.3 is 34.2 Å². The second-order valence-electron chi connectivity index (χ2n) is 14.8. The third kappa shape index (κ3) is 23.3. The minimum Gasteiger partial charge on any atom is -0.395 e. The van der Waals surface area contributed by atoms with Crippen molar-refractivity contribution >= 4 is 34.2 Å². The van der Waals surface area contributed by atoms with E-state index in [9.17, 15) is 0 Å². The zero-order valence-electron chi connectivity index (χ0n) is 37.9. The van der Waals surface area contributed by atoms with Crippen LogP contribution in [0, 0.1) is 0 Å². The van der Waals surface area contributed by atoms with Crippen LogP contribution in [0.3, 0.4) is 0 Å². The molecule has 1 rings (SSSR count). The lowest BCUT2D eigenvalue weighted by molar-refractivity contribution is 0.181. The van der Waals surface area contributed by atoms with E-state index >= 15 is 0 Å². The van der Waals surface area contributed by atoms with Crippen LogP contribution in [-0.2, 0) is 48.2 Å². The highest BCUT2D eigenvalue weighted by molar-refractivity contribution is 6.67. The zero-order chi connectivity index (χ0) is 41.8. The van der Waals surface area contributed by atoms with Gasteiger partial charge in [-0.2, -0.15) is 0 Å². The molecule has 1 aromatic heterocycles. The van der Waals surface area contributed by atoms with Crippen molar-refractivity contribution < 1.29 is 35.4 Å². The molecule has 0 radical (unpaired) electrons. The first-order valence-corrected chi connectivity index (χ1v) is 32.0. The van der Waals surface area contributed by atoms with E-state index in [2.05, 4.69) is 56.4 Å². The van der Waals surface area contributed by atoms with Gasteiger partial charge in [-0.15, -0.1) is 20.4 Å². The maximum absolute atomic E-state index is 6.12. The summed E-state index contributed by atoms with van der Waals surface area (Å²) in [6.45, 7) is 36.1. The van der Waals surface area contributed by atoms with Gasteiger partial charge in [0.25, 0.3) is 0 Å². The van der Waals surface area contributed by atoms with Gasteiger partial charge in [0.2, 0.25) is 0 Å². The molecule has 330 valence electrons. The summed E-state index contributed by atoms with van der Waals surface area (Å²) in [6.07, 6.45) is 5.43. The van der Waals surface area contributed by atoms with Crippen LogP contribution in [0.25, 0.3) is 0 Å².